The SMILES string of the molecule is CCOC(=O)/C=C(\C)NC(=O)c1cc(-c2ccc(C)cc2)n[nH]1. The average Bonchev–Trinajstić information content (AvgIpc) is 2.98. The van der Waals surface area contributed by atoms with Gasteiger partial charge in [0.1, 0.15) is 5.69 Å². The van der Waals surface area contributed by atoms with Gasteiger partial charge in [-0.05, 0) is 26.8 Å². The van der Waals surface area contributed by atoms with Crippen molar-refractivity contribution in [3.05, 3.63) is 53.4 Å². The Hall–Kier alpha value is -2.89. The monoisotopic (exact) mass is 313 g/mol. The molecule has 0 aliphatic heterocycles. The number of allylic oxidation sites excluding steroid dienone is 1. The fraction of sp³-hybridized carbons (Fsp3) is 0.235. The van der Waals surface area contributed by atoms with E-state index in [9.17, 15) is 9.59 Å². The maximum Gasteiger partial charge on any atom is 0.332 e. The molecule has 0 atom stereocenters. The molecule has 1 heterocycles. The minimum atomic E-state index is -0.491. The van der Waals surface area contributed by atoms with Crippen molar-refractivity contribution in [1.82, 2.24) is 15.5 Å². The lowest BCUT2D eigenvalue weighted by Crippen LogP contribution is -2.22. The van der Waals surface area contributed by atoms with Gasteiger partial charge in [-0.15, -0.1) is 0 Å². The first-order chi connectivity index (χ1) is 11.0. The number of nitrogens with zero attached hydrogens (tertiary/aromatic N) is 1. The summed E-state index contributed by atoms with van der Waals surface area (Å²) in [5.41, 5.74) is 3.48. The van der Waals surface area contributed by atoms with Gasteiger partial charge in [-0.25, -0.2) is 4.79 Å². The predicted molar refractivity (Wildman–Crippen MR) is 86.6 cm³/mol. The lowest BCUT2D eigenvalue weighted by molar-refractivity contribution is -0.137. The van der Waals surface area contributed by atoms with E-state index in [1.165, 1.54) is 6.08 Å². The van der Waals surface area contributed by atoms with Gasteiger partial charge in [-0.3, -0.25) is 9.89 Å². The molecular weight excluding hydrogens is 294 g/mol. The molecule has 2 rings (SSSR count). The number of amides is 1. The zero-order chi connectivity index (χ0) is 16.8. The molecule has 2 N–H and O–H groups in total. The van der Waals surface area contributed by atoms with Gasteiger partial charge in [0, 0.05) is 17.3 Å². The molecule has 23 heavy (non-hydrogen) atoms. The van der Waals surface area contributed by atoms with Gasteiger partial charge in [-0.1, -0.05) is 29.8 Å². The van der Waals surface area contributed by atoms with Crippen LogP contribution >= 0.6 is 0 Å². The number of H-pyrrole nitrogens is 1. The van der Waals surface area contributed by atoms with Crippen molar-refractivity contribution in [2.75, 3.05) is 6.61 Å². The third kappa shape index (κ3) is 4.54. The number of aromatic amines is 1. The van der Waals surface area contributed by atoms with Gasteiger partial charge in [-0.2, -0.15) is 5.10 Å². The van der Waals surface area contributed by atoms with Gasteiger partial charge in [0.2, 0.25) is 0 Å². The molecule has 2 aromatic rings. The van der Waals surface area contributed by atoms with Crippen LogP contribution in [-0.4, -0.2) is 28.7 Å². The van der Waals surface area contributed by atoms with Crippen LogP contribution in [0.25, 0.3) is 11.3 Å². The molecule has 0 unspecified atom stereocenters. The van der Waals surface area contributed by atoms with Crippen molar-refractivity contribution in [1.29, 1.82) is 0 Å². The van der Waals surface area contributed by atoms with E-state index < -0.39 is 5.97 Å². The van der Waals surface area contributed by atoms with E-state index in [-0.39, 0.29) is 12.5 Å². The van der Waals surface area contributed by atoms with Crippen LogP contribution < -0.4 is 5.32 Å². The largest absolute Gasteiger partial charge is 0.463 e. The van der Waals surface area contributed by atoms with Crippen molar-refractivity contribution in [3.8, 4) is 11.3 Å². The number of aromatic nitrogens is 2. The molecule has 1 aromatic carbocycles. The highest BCUT2D eigenvalue weighted by atomic mass is 16.5. The van der Waals surface area contributed by atoms with E-state index in [0.29, 0.717) is 17.1 Å². The summed E-state index contributed by atoms with van der Waals surface area (Å²) in [6.45, 7) is 5.63. The first kappa shape index (κ1) is 16.5. The zero-order valence-corrected chi connectivity index (χ0v) is 13.3. The van der Waals surface area contributed by atoms with Crippen LogP contribution in [0.15, 0.2) is 42.1 Å². The smallest absolute Gasteiger partial charge is 0.332 e. The van der Waals surface area contributed by atoms with Crippen molar-refractivity contribution >= 4 is 11.9 Å². The topological polar surface area (TPSA) is 84.1 Å². The molecule has 6 heteroatoms. The van der Waals surface area contributed by atoms with Crippen LogP contribution in [0, 0.1) is 6.92 Å². The maximum absolute atomic E-state index is 12.1. The summed E-state index contributed by atoms with van der Waals surface area (Å²) in [7, 11) is 0. The highest BCUT2D eigenvalue weighted by Crippen LogP contribution is 2.18. The highest BCUT2D eigenvalue weighted by Gasteiger charge is 2.11. The Labute approximate surface area is 134 Å². The first-order valence-corrected chi connectivity index (χ1v) is 7.28. The standard InChI is InChI=1S/C17H19N3O3/c1-4-23-16(21)9-12(3)18-17(22)15-10-14(19-20-15)13-7-5-11(2)6-8-13/h5-10H,4H2,1-3H3,(H,18,22)(H,19,20)/b12-9+. The fourth-order valence-electron chi connectivity index (χ4n) is 1.95. The molecule has 120 valence electrons. The molecule has 6 nitrogen and oxygen atoms in total. The summed E-state index contributed by atoms with van der Waals surface area (Å²) in [6, 6.07) is 9.52. The summed E-state index contributed by atoms with van der Waals surface area (Å²) in [5, 5.41) is 9.44. The van der Waals surface area contributed by atoms with E-state index in [4.69, 9.17) is 4.74 Å². The number of hydrogen-bond acceptors (Lipinski definition) is 4. The summed E-state index contributed by atoms with van der Waals surface area (Å²) < 4.78 is 4.78. The van der Waals surface area contributed by atoms with Crippen LogP contribution in [0.3, 0.4) is 0 Å². The molecule has 0 aliphatic carbocycles. The number of benzene rings is 1. The van der Waals surface area contributed by atoms with Gasteiger partial charge < -0.3 is 10.1 Å². The molecule has 0 spiro atoms. The molecule has 0 aliphatic rings. The van der Waals surface area contributed by atoms with E-state index in [0.717, 1.165) is 11.1 Å². The van der Waals surface area contributed by atoms with Crippen molar-refractivity contribution < 1.29 is 14.3 Å². The molecule has 0 saturated heterocycles. The normalized spacial score (nSPS) is 11.2. The van der Waals surface area contributed by atoms with Crippen molar-refractivity contribution in [3.63, 3.8) is 0 Å². The Bertz CT molecular complexity index is 730. The highest BCUT2D eigenvalue weighted by molar-refractivity contribution is 5.95. The number of aryl methyl sites for hydroxylation is 1. The van der Waals surface area contributed by atoms with E-state index in [2.05, 4.69) is 15.5 Å². The minimum absolute atomic E-state index is 0.289. The molecule has 0 saturated carbocycles. The lowest BCUT2D eigenvalue weighted by Gasteiger charge is -2.03. The van der Waals surface area contributed by atoms with Crippen LogP contribution in [0.5, 0.6) is 0 Å². The van der Waals surface area contributed by atoms with Crippen LogP contribution in [0.4, 0.5) is 0 Å². The van der Waals surface area contributed by atoms with Gasteiger partial charge in [0.05, 0.1) is 12.3 Å². The third-order valence-corrected chi connectivity index (χ3v) is 3.10. The number of carbonyl (C=O) groups is 2. The first-order valence-electron chi connectivity index (χ1n) is 7.28. The quantitative estimate of drug-likeness (QED) is 0.656. The number of carbonyl (C=O) groups excluding carboxylic acids is 2. The number of rotatable bonds is 5. The second-order valence-electron chi connectivity index (χ2n) is 5.07. The summed E-state index contributed by atoms with van der Waals surface area (Å²) >= 11 is 0. The van der Waals surface area contributed by atoms with Gasteiger partial charge in [0.25, 0.3) is 5.91 Å². The molecule has 1 amide bonds. The summed E-state index contributed by atoms with van der Waals surface area (Å²) in [6.07, 6.45) is 1.23. The molecule has 0 bridgehead atoms. The van der Waals surface area contributed by atoms with Crippen molar-refractivity contribution in [2.24, 2.45) is 0 Å². The summed E-state index contributed by atoms with van der Waals surface area (Å²) in [4.78, 5) is 23.4. The van der Waals surface area contributed by atoms with Gasteiger partial charge in [0.15, 0.2) is 0 Å². The Morgan fingerprint density at radius 1 is 1.30 bits per heavy atom. The van der Waals surface area contributed by atoms with E-state index in [1.54, 1.807) is 19.9 Å². The minimum Gasteiger partial charge on any atom is -0.463 e. The lowest BCUT2D eigenvalue weighted by atomic mass is 10.1. The Morgan fingerprint density at radius 2 is 2.00 bits per heavy atom. The maximum atomic E-state index is 12.1. The van der Waals surface area contributed by atoms with Crippen LogP contribution in [0.1, 0.15) is 29.9 Å². The second-order valence-corrected chi connectivity index (χ2v) is 5.07. The Kier molecular flexibility index (Phi) is 5.30. The number of esters is 1. The number of ether oxygens (including phenoxy) is 1. The molecule has 0 fully saturated rings. The zero-order valence-electron chi connectivity index (χ0n) is 13.3. The molecule has 0 radical (unpaired) electrons. The number of hydrogen-bond donors (Lipinski definition) is 2. The second kappa shape index (κ2) is 7.40. The van der Waals surface area contributed by atoms with Gasteiger partial charge >= 0.3 is 5.97 Å². The van der Waals surface area contributed by atoms with E-state index >= 15 is 0 Å². The third-order valence-electron chi connectivity index (χ3n) is 3.10. The molecular formula is C17H19N3O3. The Morgan fingerprint density at radius 3 is 2.65 bits per heavy atom. The average molecular weight is 313 g/mol. The molecule has 1 aromatic heterocycles. The van der Waals surface area contributed by atoms with Crippen molar-refractivity contribution in [2.45, 2.75) is 20.8 Å². The van der Waals surface area contributed by atoms with Crippen LogP contribution in [-0.2, 0) is 9.53 Å². The predicted octanol–water partition coefficient (Wildman–Crippen LogP) is 2.58. The number of nitrogens with one attached hydrogen (secondary N) is 2. The Balaban J connectivity index is 2.06. The summed E-state index contributed by atoms with van der Waals surface area (Å²) in [5.74, 6) is -0.857. The van der Waals surface area contributed by atoms with E-state index in [1.807, 2.05) is 31.2 Å². The van der Waals surface area contributed by atoms with Crippen LogP contribution in [0.2, 0.25) is 0 Å². The fourth-order valence-corrected chi connectivity index (χ4v) is 1.95.